The summed E-state index contributed by atoms with van der Waals surface area (Å²) in [5.41, 5.74) is 0.521. The van der Waals surface area contributed by atoms with Crippen LogP contribution in [0.15, 0.2) is 0 Å². The van der Waals surface area contributed by atoms with Gasteiger partial charge >= 0.3 is 0 Å². The van der Waals surface area contributed by atoms with Crippen molar-refractivity contribution in [1.29, 1.82) is 0 Å². The van der Waals surface area contributed by atoms with Gasteiger partial charge in [0.1, 0.15) is 4.88 Å². The number of nitrogens with zero attached hydrogens (tertiary/aromatic N) is 2. The van der Waals surface area contributed by atoms with E-state index in [1.54, 1.807) is 6.92 Å². The minimum absolute atomic E-state index is 0.0188. The van der Waals surface area contributed by atoms with Crippen LogP contribution in [0.1, 0.15) is 15.4 Å². The van der Waals surface area contributed by atoms with Crippen LogP contribution in [0, 0.1) is 6.92 Å². The van der Waals surface area contributed by atoms with Gasteiger partial charge in [0.2, 0.25) is 10.0 Å². The third kappa shape index (κ3) is 3.90. The molecule has 0 fully saturated rings. The van der Waals surface area contributed by atoms with Crippen molar-refractivity contribution >= 4 is 27.5 Å². The van der Waals surface area contributed by atoms with Crippen molar-refractivity contribution in [1.82, 2.24) is 14.9 Å². The highest BCUT2D eigenvalue weighted by atomic mass is 32.2. The summed E-state index contributed by atoms with van der Waals surface area (Å²) in [6.07, 6.45) is 0. The molecule has 1 aromatic rings. The Labute approximate surface area is 90.9 Å². The van der Waals surface area contributed by atoms with Crippen molar-refractivity contribution < 1.29 is 13.2 Å². The Bertz CT molecular complexity index is 453. The second-order valence-electron chi connectivity index (χ2n) is 2.81. The van der Waals surface area contributed by atoms with Crippen molar-refractivity contribution in [2.75, 3.05) is 12.3 Å². The first-order chi connectivity index (χ1) is 6.90. The van der Waals surface area contributed by atoms with Gasteiger partial charge < -0.3 is 5.32 Å². The minimum atomic E-state index is -3.54. The molecule has 0 radical (unpaired) electrons. The van der Waals surface area contributed by atoms with Gasteiger partial charge in [-0.15, -0.1) is 5.10 Å². The Balaban J connectivity index is 2.48. The number of hydrogen-bond donors (Lipinski definition) is 2. The molecule has 0 aliphatic rings. The number of carbonyl (C=O) groups excluding carboxylic acids is 1. The molecule has 84 valence electrons. The average molecular weight is 250 g/mol. The standard InChI is InChI=1S/C6H10N4O3S2/c1-4-5(14-10-9-4)6(11)8-2-3-15(7,12)13/h2-3H2,1H3,(H,8,11)(H2,7,12,13). The quantitative estimate of drug-likeness (QED) is 0.701. The van der Waals surface area contributed by atoms with Gasteiger partial charge in [0.15, 0.2) is 0 Å². The van der Waals surface area contributed by atoms with Crippen LogP contribution < -0.4 is 10.5 Å². The first-order valence-electron chi connectivity index (χ1n) is 3.98. The SMILES string of the molecule is Cc1nnsc1C(=O)NCCS(N)(=O)=O. The number of rotatable bonds is 4. The molecular weight excluding hydrogens is 240 g/mol. The summed E-state index contributed by atoms with van der Waals surface area (Å²) in [7, 11) is -3.54. The van der Waals surface area contributed by atoms with Gasteiger partial charge in [0.05, 0.1) is 11.4 Å². The zero-order valence-corrected chi connectivity index (χ0v) is 9.56. The number of nitrogens with one attached hydrogen (secondary N) is 1. The van der Waals surface area contributed by atoms with Gasteiger partial charge in [0, 0.05) is 6.54 Å². The highest BCUT2D eigenvalue weighted by Gasteiger charge is 2.13. The third-order valence-corrected chi connectivity index (χ3v) is 3.13. The molecule has 9 heteroatoms. The van der Waals surface area contributed by atoms with Crippen molar-refractivity contribution in [3.8, 4) is 0 Å². The lowest BCUT2D eigenvalue weighted by Gasteiger charge is -2.01. The fourth-order valence-corrected chi connectivity index (χ4v) is 1.79. The number of carbonyl (C=O) groups is 1. The maximum atomic E-state index is 11.4. The van der Waals surface area contributed by atoms with Crippen LogP contribution in [0.2, 0.25) is 0 Å². The monoisotopic (exact) mass is 250 g/mol. The fraction of sp³-hybridized carbons (Fsp3) is 0.500. The predicted octanol–water partition coefficient (Wildman–Crippen LogP) is -1.14. The molecule has 1 amide bonds. The van der Waals surface area contributed by atoms with Crippen LogP contribution in [0.4, 0.5) is 0 Å². The Morgan fingerprint density at radius 3 is 2.73 bits per heavy atom. The lowest BCUT2D eigenvalue weighted by molar-refractivity contribution is 0.0959. The molecule has 15 heavy (non-hydrogen) atoms. The van der Waals surface area contributed by atoms with Crippen LogP contribution in [-0.2, 0) is 10.0 Å². The lowest BCUT2D eigenvalue weighted by atomic mass is 10.4. The zero-order valence-electron chi connectivity index (χ0n) is 7.93. The highest BCUT2D eigenvalue weighted by molar-refractivity contribution is 7.89. The van der Waals surface area contributed by atoms with Gasteiger partial charge in [-0.25, -0.2) is 13.6 Å². The molecule has 0 saturated carbocycles. The molecule has 1 heterocycles. The summed E-state index contributed by atoms with van der Waals surface area (Å²) >= 11 is 0.962. The topological polar surface area (TPSA) is 115 Å². The molecule has 0 unspecified atom stereocenters. The maximum absolute atomic E-state index is 11.4. The van der Waals surface area contributed by atoms with Crippen LogP contribution in [-0.4, -0.2) is 36.2 Å². The van der Waals surface area contributed by atoms with E-state index in [2.05, 4.69) is 14.9 Å². The van der Waals surface area contributed by atoms with Gasteiger partial charge in [0.25, 0.3) is 5.91 Å². The van der Waals surface area contributed by atoms with Crippen LogP contribution in [0.5, 0.6) is 0 Å². The van der Waals surface area contributed by atoms with Crippen molar-refractivity contribution in [2.45, 2.75) is 6.92 Å². The number of amides is 1. The molecule has 0 bridgehead atoms. The third-order valence-electron chi connectivity index (χ3n) is 1.53. The molecule has 0 saturated heterocycles. The van der Waals surface area contributed by atoms with E-state index in [1.165, 1.54) is 0 Å². The molecule has 3 N–H and O–H groups in total. The maximum Gasteiger partial charge on any atom is 0.264 e. The Morgan fingerprint density at radius 2 is 2.27 bits per heavy atom. The second kappa shape index (κ2) is 4.64. The first kappa shape index (κ1) is 12.0. The van der Waals surface area contributed by atoms with E-state index in [9.17, 15) is 13.2 Å². The Hall–Kier alpha value is -1.06. The van der Waals surface area contributed by atoms with E-state index in [4.69, 9.17) is 5.14 Å². The van der Waals surface area contributed by atoms with Crippen molar-refractivity contribution in [2.24, 2.45) is 5.14 Å². The number of nitrogens with two attached hydrogens (primary N) is 1. The van der Waals surface area contributed by atoms with E-state index < -0.39 is 10.0 Å². The highest BCUT2D eigenvalue weighted by Crippen LogP contribution is 2.07. The molecule has 0 aliphatic heterocycles. The van der Waals surface area contributed by atoms with E-state index >= 15 is 0 Å². The minimum Gasteiger partial charge on any atom is -0.350 e. The van der Waals surface area contributed by atoms with Gasteiger partial charge in [-0.05, 0) is 18.5 Å². The Morgan fingerprint density at radius 1 is 1.60 bits per heavy atom. The van der Waals surface area contributed by atoms with Gasteiger partial charge in [-0.3, -0.25) is 4.79 Å². The number of primary sulfonamides is 1. The van der Waals surface area contributed by atoms with Gasteiger partial charge in [-0.2, -0.15) is 0 Å². The predicted molar refractivity (Wildman–Crippen MR) is 55.0 cm³/mol. The molecule has 0 atom stereocenters. The van der Waals surface area contributed by atoms with Crippen LogP contribution in [0.3, 0.4) is 0 Å². The molecule has 1 aromatic heterocycles. The molecule has 0 aromatic carbocycles. The summed E-state index contributed by atoms with van der Waals surface area (Å²) in [6, 6.07) is 0. The van der Waals surface area contributed by atoms with Crippen molar-refractivity contribution in [3.05, 3.63) is 10.6 Å². The molecular formula is C6H10N4O3S2. The zero-order chi connectivity index (χ0) is 11.5. The normalized spacial score (nSPS) is 11.3. The lowest BCUT2D eigenvalue weighted by Crippen LogP contribution is -2.31. The summed E-state index contributed by atoms with van der Waals surface area (Å²) < 4.78 is 24.7. The summed E-state index contributed by atoms with van der Waals surface area (Å²) in [4.78, 5) is 11.8. The smallest absolute Gasteiger partial charge is 0.264 e. The fourth-order valence-electron chi connectivity index (χ4n) is 0.827. The molecule has 0 aliphatic carbocycles. The summed E-state index contributed by atoms with van der Waals surface area (Å²) in [5, 5.41) is 10.8. The molecule has 0 spiro atoms. The summed E-state index contributed by atoms with van der Waals surface area (Å²) in [5.74, 6) is -0.671. The van der Waals surface area contributed by atoms with Crippen molar-refractivity contribution in [3.63, 3.8) is 0 Å². The molecule has 7 nitrogen and oxygen atoms in total. The van der Waals surface area contributed by atoms with Gasteiger partial charge in [-0.1, -0.05) is 4.49 Å². The largest absolute Gasteiger partial charge is 0.350 e. The Kier molecular flexibility index (Phi) is 3.72. The number of hydrogen-bond acceptors (Lipinski definition) is 6. The van der Waals surface area contributed by atoms with Crippen LogP contribution >= 0.6 is 11.5 Å². The average Bonchev–Trinajstić information content (AvgIpc) is 2.48. The number of sulfonamides is 1. The van der Waals surface area contributed by atoms with Crippen LogP contribution in [0.25, 0.3) is 0 Å². The van der Waals surface area contributed by atoms with E-state index in [0.29, 0.717) is 10.6 Å². The molecule has 1 rings (SSSR count). The number of aryl methyl sites for hydroxylation is 1. The first-order valence-corrected chi connectivity index (χ1v) is 6.46. The summed E-state index contributed by atoms with van der Waals surface area (Å²) in [6.45, 7) is 1.63. The van der Waals surface area contributed by atoms with E-state index in [1.807, 2.05) is 0 Å². The van der Waals surface area contributed by atoms with E-state index in [0.717, 1.165) is 11.5 Å². The number of aromatic nitrogens is 2. The second-order valence-corrected chi connectivity index (χ2v) is 5.30. The van der Waals surface area contributed by atoms with E-state index in [-0.39, 0.29) is 18.2 Å².